The fraction of sp³-hybridized carbons (Fsp3) is 0.440. The second-order valence-corrected chi connectivity index (χ2v) is 9.33. The van der Waals surface area contributed by atoms with Crippen molar-refractivity contribution < 1.29 is 0 Å². The average Bonchev–Trinajstić information content (AvgIpc) is 3.37. The summed E-state index contributed by atoms with van der Waals surface area (Å²) >= 11 is 0. The number of aromatic nitrogens is 4. The molecule has 1 aromatic carbocycles. The predicted octanol–water partition coefficient (Wildman–Crippen LogP) is 1.53. The molecule has 5 rings (SSSR count). The molecular formula is C25H32N8O. The van der Waals surface area contributed by atoms with Crippen molar-refractivity contribution in [3.63, 3.8) is 0 Å². The Balaban J connectivity index is 1.34. The third-order valence-corrected chi connectivity index (χ3v) is 6.97. The topological polar surface area (TPSA) is 82.4 Å². The summed E-state index contributed by atoms with van der Waals surface area (Å²) in [6.07, 6.45) is 4.34. The first-order valence-corrected chi connectivity index (χ1v) is 11.8. The van der Waals surface area contributed by atoms with Crippen LogP contribution in [0.4, 0.5) is 11.6 Å². The van der Waals surface area contributed by atoms with E-state index in [-0.39, 0.29) is 11.6 Å². The summed E-state index contributed by atoms with van der Waals surface area (Å²) in [5.41, 5.74) is 3.65. The maximum Gasteiger partial charge on any atom is 0.255 e. The monoisotopic (exact) mass is 460 g/mol. The number of likely N-dealkylation sites (N-methyl/N-ethyl adjacent to an activating group) is 1. The van der Waals surface area contributed by atoms with Crippen molar-refractivity contribution in [1.82, 2.24) is 29.7 Å². The summed E-state index contributed by atoms with van der Waals surface area (Å²) in [5.74, 6) is 0.663. The van der Waals surface area contributed by atoms with Gasteiger partial charge >= 0.3 is 0 Å². The fourth-order valence-electron chi connectivity index (χ4n) is 4.85. The summed E-state index contributed by atoms with van der Waals surface area (Å²) in [5, 5.41) is 3.63. The third-order valence-electron chi connectivity index (χ3n) is 6.97. The highest BCUT2D eigenvalue weighted by molar-refractivity contribution is 5.55. The minimum Gasteiger partial charge on any atom is -0.370 e. The van der Waals surface area contributed by atoms with E-state index in [1.807, 2.05) is 0 Å². The van der Waals surface area contributed by atoms with Crippen molar-refractivity contribution in [3.8, 4) is 11.4 Å². The molecule has 0 saturated carbocycles. The van der Waals surface area contributed by atoms with Gasteiger partial charge in [0.1, 0.15) is 6.33 Å². The molecule has 9 nitrogen and oxygen atoms in total. The molecule has 0 radical (unpaired) electrons. The molecule has 34 heavy (non-hydrogen) atoms. The van der Waals surface area contributed by atoms with Crippen LogP contribution in [0.15, 0.2) is 53.7 Å². The molecule has 2 aromatic heterocycles. The van der Waals surface area contributed by atoms with Crippen molar-refractivity contribution in [1.29, 1.82) is 0 Å². The SMILES string of the molecule is CN(C)[C@H]1CCN(c2ccc([C@H]3CN(c4nc(-c5ccncn5)cc(=O)n4C)CCN3)cc2)C1. The van der Waals surface area contributed by atoms with Gasteiger partial charge in [0.15, 0.2) is 0 Å². The van der Waals surface area contributed by atoms with Gasteiger partial charge in [0, 0.05) is 69.8 Å². The molecule has 0 unspecified atom stereocenters. The smallest absolute Gasteiger partial charge is 0.255 e. The molecule has 178 valence electrons. The summed E-state index contributed by atoms with van der Waals surface area (Å²) in [6, 6.07) is 13.0. The van der Waals surface area contributed by atoms with Crippen LogP contribution >= 0.6 is 0 Å². The standard InChI is InChI=1S/C25H32N8O/c1-30(2)20-9-12-32(15-20)19-6-4-18(5-7-19)23-16-33(13-11-27-23)25-29-22(14-24(34)31(25)3)21-8-10-26-17-28-21/h4-8,10,14,17,20,23,27H,9,11-13,15-16H2,1-3H3/t20-,23+/m0/s1. The maximum atomic E-state index is 12.7. The van der Waals surface area contributed by atoms with E-state index in [1.54, 1.807) is 23.9 Å². The first-order valence-electron chi connectivity index (χ1n) is 11.8. The van der Waals surface area contributed by atoms with E-state index in [9.17, 15) is 4.79 Å². The third kappa shape index (κ3) is 4.53. The van der Waals surface area contributed by atoms with E-state index in [1.165, 1.54) is 30.1 Å². The van der Waals surface area contributed by atoms with Crippen LogP contribution in [0.25, 0.3) is 11.4 Å². The predicted molar refractivity (Wildman–Crippen MR) is 134 cm³/mol. The van der Waals surface area contributed by atoms with Gasteiger partial charge in [-0.3, -0.25) is 9.36 Å². The molecule has 2 fully saturated rings. The number of rotatable bonds is 5. The number of nitrogens with zero attached hydrogens (tertiary/aromatic N) is 7. The quantitative estimate of drug-likeness (QED) is 0.614. The van der Waals surface area contributed by atoms with E-state index < -0.39 is 0 Å². The van der Waals surface area contributed by atoms with E-state index in [0.29, 0.717) is 23.4 Å². The molecule has 2 aliphatic rings. The van der Waals surface area contributed by atoms with E-state index in [2.05, 4.69) is 68.3 Å². The summed E-state index contributed by atoms with van der Waals surface area (Å²) < 4.78 is 1.62. The van der Waals surface area contributed by atoms with Gasteiger partial charge in [-0.2, -0.15) is 0 Å². The highest BCUT2D eigenvalue weighted by Crippen LogP contribution is 2.26. The first kappa shape index (κ1) is 22.5. The average molecular weight is 461 g/mol. The van der Waals surface area contributed by atoms with E-state index >= 15 is 0 Å². The van der Waals surface area contributed by atoms with Gasteiger partial charge in [-0.05, 0) is 44.3 Å². The van der Waals surface area contributed by atoms with Crippen LogP contribution in [0.5, 0.6) is 0 Å². The van der Waals surface area contributed by atoms with Crippen molar-refractivity contribution in [2.45, 2.75) is 18.5 Å². The van der Waals surface area contributed by atoms with Gasteiger partial charge < -0.3 is 20.0 Å². The van der Waals surface area contributed by atoms with Crippen LogP contribution in [0.1, 0.15) is 18.0 Å². The zero-order valence-electron chi connectivity index (χ0n) is 20.1. The lowest BCUT2D eigenvalue weighted by Gasteiger charge is -2.35. The van der Waals surface area contributed by atoms with Gasteiger partial charge in [0.05, 0.1) is 11.4 Å². The van der Waals surface area contributed by atoms with Crippen LogP contribution in [0, 0.1) is 0 Å². The first-order chi connectivity index (χ1) is 16.5. The number of anilines is 2. The normalized spacial score (nSPS) is 20.8. The van der Waals surface area contributed by atoms with Gasteiger partial charge in [0.2, 0.25) is 5.95 Å². The fourth-order valence-corrected chi connectivity index (χ4v) is 4.85. The zero-order chi connectivity index (χ0) is 23.7. The van der Waals surface area contributed by atoms with Crippen molar-refractivity contribution in [2.24, 2.45) is 7.05 Å². The maximum absolute atomic E-state index is 12.7. The lowest BCUT2D eigenvalue weighted by Crippen LogP contribution is -2.47. The highest BCUT2D eigenvalue weighted by Gasteiger charge is 2.26. The van der Waals surface area contributed by atoms with Gasteiger partial charge in [-0.1, -0.05) is 12.1 Å². The number of nitrogens with one attached hydrogen (secondary N) is 1. The Hall–Kier alpha value is -3.30. The van der Waals surface area contributed by atoms with Crippen LogP contribution in [-0.4, -0.2) is 77.3 Å². The molecule has 9 heteroatoms. The van der Waals surface area contributed by atoms with Gasteiger partial charge in [-0.25, -0.2) is 15.0 Å². The Morgan fingerprint density at radius 2 is 1.85 bits per heavy atom. The lowest BCUT2D eigenvalue weighted by molar-refractivity contribution is 0.315. The molecule has 2 aliphatic heterocycles. The lowest BCUT2D eigenvalue weighted by atomic mass is 10.0. The largest absolute Gasteiger partial charge is 0.370 e. The molecule has 0 aliphatic carbocycles. The van der Waals surface area contributed by atoms with E-state index in [4.69, 9.17) is 4.98 Å². The molecule has 0 spiro atoms. The van der Waals surface area contributed by atoms with Crippen molar-refractivity contribution in [2.75, 3.05) is 56.6 Å². The Morgan fingerprint density at radius 1 is 1.03 bits per heavy atom. The highest BCUT2D eigenvalue weighted by atomic mass is 16.1. The summed E-state index contributed by atoms with van der Waals surface area (Å²) in [6.45, 7) is 4.50. The minimum atomic E-state index is -0.0975. The van der Waals surface area contributed by atoms with Crippen molar-refractivity contribution in [3.05, 3.63) is 64.8 Å². The van der Waals surface area contributed by atoms with Crippen molar-refractivity contribution >= 4 is 11.6 Å². The molecule has 2 saturated heterocycles. The second kappa shape index (κ2) is 9.52. The Morgan fingerprint density at radius 3 is 2.56 bits per heavy atom. The van der Waals surface area contributed by atoms with Crippen LogP contribution in [0.3, 0.4) is 0 Å². The Kier molecular flexibility index (Phi) is 6.30. The summed E-state index contributed by atoms with van der Waals surface area (Å²) in [7, 11) is 6.09. The molecule has 0 bridgehead atoms. The molecular weight excluding hydrogens is 428 g/mol. The number of piperazine rings is 1. The Bertz CT molecular complexity index is 1180. The molecule has 1 N–H and O–H groups in total. The molecule has 3 aromatic rings. The molecule has 4 heterocycles. The second-order valence-electron chi connectivity index (χ2n) is 9.33. The van der Waals surface area contributed by atoms with Gasteiger partial charge in [0.25, 0.3) is 5.56 Å². The molecule has 0 amide bonds. The minimum absolute atomic E-state index is 0.0975. The number of hydrogen-bond donors (Lipinski definition) is 1. The van der Waals surface area contributed by atoms with E-state index in [0.717, 1.165) is 32.7 Å². The zero-order valence-corrected chi connectivity index (χ0v) is 20.1. The number of benzene rings is 1. The van der Waals surface area contributed by atoms with Crippen LogP contribution < -0.4 is 20.7 Å². The number of hydrogen-bond acceptors (Lipinski definition) is 8. The van der Waals surface area contributed by atoms with Crippen LogP contribution in [0.2, 0.25) is 0 Å². The summed E-state index contributed by atoms with van der Waals surface area (Å²) in [4.78, 5) is 32.7. The molecule has 2 atom stereocenters. The van der Waals surface area contributed by atoms with Crippen LogP contribution in [-0.2, 0) is 7.05 Å². The van der Waals surface area contributed by atoms with Gasteiger partial charge in [-0.15, -0.1) is 0 Å². The Labute approximate surface area is 200 Å².